The van der Waals surface area contributed by atoms with E-state index in [0.717, 1.165) is 38.2 Å². The highest BCUT2D eigenvalue weighted by Gasteiger charge is 2.26. The highest BCUT2D eigenvalue weighted by molar-refractivity contribution is 6.31. The Morgan fingerprint density at radius 2 is 2.14 bits per heavy atom. The van der Waals surface area contributed by atoms with Gasteiger partial charge in [0.15, 0.2) is 5.15 Å². The summed E-state index contributed by atoms with van der Waals surface area (Å²) >= 11 is 6.03. The first-order valence-corrected chi connectivity index (χ1v) is 8.05. The lowest BCUT2D eigenvalue weighted by atomic mass is 9.97. The molecule has 2 rings (SSSR count). The summed E-state index contributed by atoms with van der Waals surface area (Å²) in [6.45, 7) is 7.98. The van der Waals surface area contributed by atoms with E-state index in [-0.39, 0.29) is 6.09 Å². The van der Waals surface area contributed by atoms with Crippen LogP contribution in [0.15, 0.2) is 18.3 Å². The molecule has 5 nitrogen and oxygen atoms in total. The molecule has 0 bridgehead atoms. The SMILES string of the molecule is CC(C)(C)OC(=O)N1CCC(CNc2cccnc2Cl)CC1. The largest absolute Gasteiger partial charge is 0.444 e. The van der Waals surface area contributed by atoms with Gasteiger partial charge in [0.05, 0.1) is 5.69 Å². The number of rotatable bonds is 3. The summed E-state index contributed by atoms with van der Waals surface area (Å²) in [4.78, 5) is 17.8. The molecule has 1 aromatic heterocycles. The van der Waals surface area contributed by atoms with Gasteiger partial charge in [0.2, 0.25) is 0 Å². The summed E-state index contributed by atoms with van der Waals surface area (Å²) in [5.74, 6) is 0.523. The Labute approximate surface area is 137 Å². The van der Waals surface area contributed by atoms with Crippen LogP contribution in [0, 0.1) is 5.92 Å². The number of piperidine rings is 1. The van der Waals surface area contributed by atoms with Crippen LogP contribution in [-0.4, -0.2) is 41.2 Å². The molecule has 0 aromatic carbocycles. The number of nitrogens with zero attached hydrogens (tertiary/aromatic N) is 2. The molecule has 0 saturated carbocycles. The number of likely N-dealkylation sites (tertiary alicyclic amines) is 1. The minimum atomic E-state index is -0.438. The second-order valence-electron chi connectivity index (χ2n) is 6.63. The van der Waals surface area contributed by atoms with Crippen molar-refractivity contribution in [2.75, 3.05) is 25.0 Å². The third-order valence-corrected chi connectivity index (χ3v) is 3.91. The molecule has 22 heavy (non-hydrogen) atoms. The molecular weight excluding hydrogens is 302 g/mol. The Hall–Kier alpha value is -1.49. The van der Waals surface area contributed by atoms with E-state index in [1.807, 2.05) is 32.9 Å². The number of hydrogen-bond donors (Lipinski definition) is 1. The Bertz CT molecular complexity index is 508. The predicted octanol–water partition coefficient (Wildman–Crippen LogP) is 3.79. The van der Waals surface area contributed by atoms with Gasteiger partial charge in [0.1, 0.15) is 5.60 Å². The fraction of sp³-hybridized carbons (Fsp3) is 0.625. The second-order valence-corrected chi connectivity index (χ2v) is 6.99. The van der Waals surface area contributed by atoms with E-state index in [1.54, 1.807) is 11.1 Å². The number of ether oxygens (including phenoxy) is 1. The highest BCUT2D eigenvalue weighted by atomic mass is 35.5. The molecule has 0 atom stereocenters. The van der Waals surface area contributed by atoms with Crippen LogP contribution in [0.2, 0.25) is 5.15 Å². The maximum atomic E-state index is 12.0. The molecule has 2 heterocycles. The van der Waals surface area contributed by atoms with E-state index < -0.39 is 5.60 Å². The van der Waals surface area contributed by atoms with Gasteiger partial charge in [0, 0.05) is 25.8 Å². The molecule has 1 fully saturated rings. The van der Waals surface area contributed by atoms with Gasteiger partial charge in [-0.2, -0.15) is 0 Å². The highest BCUT2D eigenvalue weighted by Crippen LogP contribution is 2.22. The molecule has 0 radical (unpaired) electrons. The molecule has 0 unspecified atom stereocenters. The van der Waals surface area contributed by atoms with Crippen molar-refractivity contribution < 1.29 is 9.53 Å². The molecule has 1 N–H and O–H groups in total. The van der Waals surface area contributed by atoms with Crippen molar-refractivity contribution in [3.05, 3.63) is 23.5 Å². The van der Waals surface area contributed by atoms with Crippen molar-refractivity contribution in [1.29, 1.82) is 0 Å². The van der Waals surface area contributed by atoms with Crippen molar-refractivity contribution in [1.82, 2.24) is 9.88 Å². The van der Waals surface area contributed by atoms with E-state index in [9.17, 15) is 4.79 Å². The van der Waals surface area contributed by atoms with Crippen molar-refractivity contribution in [2.24, 2.45) is 5.92 Å². The molecule has 1 aliphatic heterocycles. The first-order chi connectivity index (χ1) is 10.3. The fourth-order valence-corrected chi connectivity index (χ4v) is 2.60. The van der Waals surface area contributed by atoms with E-state index in [4.69, 9.17) is 16.3 Å². The predicted molar refractivity (Wildman–Crippen MR) is 88.3 cm³/mol. The quantitative estimate of drug-likeness (QED) is 0.859. The lowest BCUT2D eigenvalue weighted by Crippen LogP contribution is -2.42. The van der Waals surface area contributed by atoms with Crippen LogP contribution in [-0.2, 0) is 4.74 Å². The standard InChI is InChI=1S/C16H24ClN3O2/c1-16(2,3)22-15(21)20-9-6-12(7-10-20)11-19-13-5-4-8-18-14(13)17/h4-5,8,12,19H,6-7,9-11H2,1-3H3. The summed E-state index contributed by atoms with van der Waals surface area (Å²) in [6.07, 6.45) is 3.38. The number of anilines is 1. The number of nitrogens with one attached hydrogen (secondary N) is 1. The van der Waals surface area contributed by atoms with E-state index in [2.05, 4.69) is 10.3 Å². The third-order valence-electron chi connectivity index (χ3n) is 3.61. The first kappa shape index (κ1) is 16.9. The van der Waals surface area contributed by atoms with E-state index >= 15 is 0 Å². The number of amides is 1. The molecular formula is C16H24ClN3O2. The van der Waals surface area contributed by atoms with Crippen LogP contribution < -0.4 is 5.32 Å². The summed E-state index contributed by atoms with van der Waals surface area (Å²) in [5.41, 5.74) is 0.422. The van der Waals surface area contributed by atoms with Crippen molar-refractivity contribution in [3.8, 4) is 0 Å². The van der Waals surface area contributed by atoms with Crippen LogP contribution in [0.4, 0.5) is 10.5 Å². The van der Waals surface area contributed by atoms with Crippen LogP contribution in [0.25, 0.3) is 0 Å². The van der Waals surface area contributed by atoms with Crippen LogP contribution in [0.3, 0.4) is 0 Å². The Morgan fingerprint density at radius 3 is 2.73 bits per heavy atom. The maximum Gasteiger partial charge on any atom is 0.410 e. The summed E-state index contributed by atoms with van der Waals surface area (Å²) in [5, 5.41) is 3.83. The Balaban J connectivity index is 1.76. The number of hydrogen-bond acceptors (Lipinski definition) is 4. The van der Waals surface area contributed by atoms with Gasteiger partial charge in [-0.3, -0.25) is 0 Å². The van der Waals surface area contributed by atoms with Gasteiger partial charge in [-0.25, -0.2) is 9.78 Å². The van der Waals surface area contributed by atoms with Gasteiger partial charge in [0.25, 0.3) is 0 Å². The van der Waals surface area contributed by atoms with E-state index in [1.165, 1.54) is 0 Å². The lowest BCUT2D eigenvalue weighted by molar-refractivity contribution is 0.0188. The smallest absolute Gasteiger partial charge is 0.410 e. The fourth-order valence-electron chi connectivity index (χ4n) is 2.42. The Morgan fingerprint density at radius 1 is 1.45 bits per heavy atom. The zero-order chi connectivity index (χ0) is 16.2. The van der Waals surface area contributed by atoms with Gasteiger partial charge in [-0.1, -0.05) is 11.6 Å². The van der Waals surface area contributed by atoms with Gasteiger partial charge in [-0.15, -0.1) is 0 Å². The number of halogens is 1. The lowest BCUT2D eigenvalue weighted by Gasteiger charge is -2.33. The van der Waals surface area contributed by atoms with Crippen LogP contribution in [0.1, 0.15) is 33.6 Å². The summed E-state index contributed by atoms with van der Waals surface area (Å²) in [6, 6.07) is 3.78. The second kappa shape index (κ2) is 7.18. The minimum absolute atomic E-state index is 0.214. The summed E-state index contributed by atoms with van der Waals surface area (Å²) < 4.78 is 5.40. The molecule has 0 aliphatic carbocycles. The molecule has 1 aliphatic rings. The van der Waals surface area contributed by atoms with Gasteiger partial charge < -0.3 is 15.0 Å². The topological polar surface area (TPSA) is 54.5 Å². The van der Waals surface area contributed by atoms with Crippen molar-refractivity contribution in [2.45, 2.75) is 39.2 Å². The Kier molecular flexibility index (Phi) is 5.51. The molecule has 6 heteroatoms. The normalized spacial score (nSPS) is 16.5. The van der Waals surface area contributed by atoms with Crippen LogP contribution >= 0.6 is 11.6 Å². The first-order valence-electron chi connectivity index (χ1n) is 7.67. The van der Waals surface area contributed by atoms with Crippen LogP contribution in [0.5, 0.6) is 0 Å². The number of carbonyl (C=O) groups excluding carboxylic acids is 1. The van der Waals surface area contributed by atoms with Crippen molar-refractivity contribution >= 4 is 23.4 Å². The summed E-state index contributed by atoms with van der Waals surface area (Å²) in [7, 11) is 0. The third kappa shape index (κ3) is 5.05. The van der Waals surface area contributed by atoms with Gasteiger partial charge >= 0.3 is 6.09 Å². The minimum Gasteiger partial charge on any atom is -0.444 e. The average molecular weight is 326 g/mol. The number of pyridine rings is 1. The number of aromatic nitrogens is 1. The average Bonchev–Trinajstić information content (AvgIpc) is 2.45. The van der Waals surface area contributed by atoms with Crippen molar-refractivity contribution in [3.63, 3.8) is 0 Å². The number of carbonyl (C=O) groups is 1. The molecule has 122 valence electrons. The molecule has 1 saturated heterocycles. The molecule has 1 aromatic rings. The molecule has 1 amide bonds. The zero-order valence-corrected chi connectivity index (χ0v) is 14.2. The van der Waals surface area contributed by atoms with Gasteiger partial charge in [-0.05, 0) is 51.7 Å². The monoisotopic (exact) mass is 325 g/mol. The molecule has 0 spiro atoms. The maximum absolute atomic E-state index is 12.0. The van der Waals surface area contributed by atoms with E-state index in [0.29, 0.717) is 11.1 Å². The zero-order valence-electron chi connectivity index (χ0n) is 13.4.